The van der Waals surface area contributed by atoms with Crippen molar-refractivity contribution in [1.82, 2.24) is 10.2 Å². The van der Waals surface area contributed by atoms with Gasteiger partial charge in [0.1, 0.15) is 5.75 Å². The molecule has 0 spiro atoms. The predicted molar refractivity (Wildman–Crippen MR) is 84.1 cm³/mol. The van der Waals surface area contributed by atoms with Gasteiger partial charge in [-0.25, -0.2) is 0 Å². The molecule has 1 aromatic carbocycles. The molecule has 0 radical (unpaired) electrons. The molecule has 2 rings (SSSR count). The number of nitrogens with zero attached hydrogens (tertiary/aromatic N) is 1. The molecule has 0 bridgehead atoms. The lowest BCUT2D eigenvalue weighted by atomic mass is 9.91. The van der Waals surface area contributed by atoms with Gasteiger partial charge in [-0.05, 0) is 56.5 Å². The molecular weight excluding hydrogens is 248 g/mol. The summed E-state index contributed by atoms with van der Waals surface area (Å²) < 4.78 is 5.27. The quantitative estimate of drug-likeness (QED) is 0.864. The second-order valence-corrected chi connectivity index (χ2v) is 5.82. The van der Waals surface area contributed by atoms with E-state index in [4.69, 9.17) is 4.74 Å². The van der Waals surface area contributed by atoms with Crippen molar-refractivity contribution in [3.8, 4) is 5.75 Å². The van der Waals surface area contributed by atoms with Crippen LogP contribution in [0.5, 0.6) is 5.75 Å². The maximum Gasteiger partial charge on any atom is 0.119 e. The lowest BCUT2D eigenvalue weighted by Gasteiger charge is -2.35. The maximum absolute atomic E-state index is 5.27. The summed E-state index contributed by atoms with van der Waals surface area (Å²) >= 11 is 0. The zero-order valence-corrected chi connectivity index (χ0v) is 13.1. The molecule has 112 valence electrons. The van der Waals surface area contributed by atoms with E-state index in [1.54, 1.807) is 7.11 Å². The number of likely N-dealkylation sites (tertiary alicyclic amines) is 1. The Balaban J connectivity index is 1.83. The van der Waals surface area contributed by atoms with Crippen LogP contribution in [0.1, 0.15) is 32.3 Å². The summed E-state index contributed by atoms with van der Waals surface area (Å²) in [5.74, 6) is 1.71. The fourth-order valence-electron chi connectivity index (χ4n) is 3.01. The number of hydrogen-bond acceptors (Lipinski definition) is 3. The molecule has 1 aliphatic heterocycles. The van der Waals surface area contributed by atoms with Crippen molar-refractivity contribution in [1.29, 1.82) is 0 Å². The maximum atomic E-state index is 5.27. The minimum absolute atomic E-state index is 0.565. The Bertz CT molecular complexity index is 408. The summed E-state index contributed by atoms with van der Waals surface area (Å²) in [7, 11) is 1.72. The van der Waals surface area contributed by atoms with Crippen LogP contribution in [0.4, 0.5) is 0 Å². The van der Waals surface area contributed by atoms with Gasteiger partial charge in [-0.1, -0.05) is 19.1 Å². The number of nitrogens with one attached hydrogen (secondary N) is 1. The first-order valence-corrected chi connectivity index (χ1v) is 7.81. The third kappa shape index (κ3) is 4.22. The van der Waals surface area contributed by atoms with Crippen molar-refractivity contribution in [3.63, 3.8) is 0 Å². The Kier molecular flexibility index (Phi) is 5.86. The second kappa shape index (κ2) is 7.65. The van der Waals surface area contributed by atoms with Crippen molar-refractivity contribution >= 4 is 0 Å². The average molecular weight is 276 g/mol. The minimum atomic E-state index is 0.565. The lowest BCUT2D eigenvalue weighted by Crippen LogP contribution is -2.44. The molecule has 0 aromatic heterocycles. The fourth-order valence-corrected chi connectivity index (χ4v) is 3.01. The van der Waals surface area contributed by atoms with E-state index in [0.717, 1.165) is 18.2 Å². The lowest BCUT2D eigenvalue weighted by molar-refractivity contribution is 0.157. The van der Waals surface area contributed by atoms with Crippen LogP contribution >= 0.6 is 0 Å². The van der Waals surface area contributed by atoms with E-state index in [9.17, 15) is 0 Å². The number of methoxy groups -OCH3 is 1. The summed E-state index contributed by atoms with van der Waals surface area (Å²) in [6, 6.07) is 8.88. The van der Waals surface area contributed by atoms with E-state index >= 15 is 0 Å². The van der Waals surface area contributed by atoms with Crippen molar-refractivity contribution in [2.45, 2.75) is 39.3 Å². The third-order valence-corrected chi connectivity index (χ3v) is 4.46. The molecule has 2 atom stereocenters. The number of ether oxygens (including phenoxy) is 1. The molecular formula is C17H28N2O. The Hall–Kier alpha value is -1.06. The number of benzene rings is 1. The van der Waals surface area contributed by atoms with Crippen LogP contribution in [-0.4, -0.2) is 37.7 Å². The Morgan fingerprint density at radius 3 is 3.05 bits per heavy atom. The van der Waals surface area contributed by atoms with Gasteiger partial charge in [0.25, 0.3) is 0 Å². The first-order chi connectivity index (χ1) is 9.72. The van der Waals surface area contributed by atoms with Gasteiger partial charge in [-0.3, -0.25) is 0 Å². The Labute approximate surface area is 123 Å². The molecule has 1 aromatic rings. The summed E-state index contributed by atoms with van der Waals surface area (Å²) in [5, 5.41) is 3.68. The highest BCUT2D eigenvalue weighted by Gasteiger charge is 2.23. The van der Waals surface area contributed by atoms with Gasteiger partial charge >= 0.3 is 0 Å². The first kappa shape index (κ1) is 15.3. The van der Waals surface area contributed by atoms with E-state index in [-0.39, 0.29) is 0 Å². The van der Waals surface area contributed by atoms with Crippen molar-refractivity contribution in [3.05, 3.63) is 29.8 Å². The van der Waals surface area contributed by atoms with E-state index in [1.807, 2.05) is 6.07 Å². The predicted octanol–water partition coefficient (Wildman–Crippen LogP) is 2.91. The molecule has 0 amide bonds. The molecule has 3 heteroatoms. The van der Waals surface area contributed by atoms with Gasteiger partial charge in [0.05, 0.1) is 7.11 Å². The monoisotopic (exact) mass is 276 g/mol. The van der Waals surface area contributed by atoms with Crippen LogP contribution in [-0.2, 0) is 6.54 Å². The van der Waals surface area contributed by atoms with Crippen LogP contribution in [0.15, 0.2) is 24.3 Å². The molecule has 1 aliphatic rings. The van der Waals surface area contributed by atoms with Gasteiger partial charge in [0.2, 0.25) is 0 Å². The summed E-state index contributed by atoms with van der Waals surface area (Å²) in [4.78, 5) is 2.57. The topological polar surface area (TPSA) is 24.5 Å². The highest BCUT2D eigenvalue weighted by molar-refractivity contribution is 5.28. The molecule has 20 heavy (non-hydrogen) atoms. The van der Waals surface area contributed by atoms with Gasteiger partial charge < -0.3 is 15.0 Å². The fraction of sp³-hybridized carbons (Fsp3) is 0.647. The van der Waals surface area contributed by atoms with Crippen molar-refractivity contribution in [2.24, 2.45) is 5.92 Å². The van der Waals surface area contributed by atoms with Gasteiger partial charge in [0, 0.05) is 19.1 Å². The minimum Gasteiger partial charge on any atom is -0.497 e. The van der Waals surface area contributed by atoms with Crippen LogP contribution in [0.3, 0.4) is 0 Å². The van der Waals surface area contributed by atoms with Gasteiger partial charge in [-0.2, -0.15) is 0 Å². The molecule has 2 unspecified atom stereocenters. The van der Waals surface area contributed by atoms with Gasteiger partial charge in [0.15, 0.2) is 0 Å². The van der Waals surface area contributed by atoms with E-state index in [0.29, 0.717) is 6.04 Å². The van der Waals surface area contributed by atoms with E-state index < -0.39 is 0 Å². The second-order valence-electron chi connectivity index (χ2n) is 5.82. The normalized spacial score (nSPS) is 21.6. The highest BCUT2D eigenvalue weighted by atomic mass is 16.5. The summed E-state index contributed by atoms with van der Waals surface area (Å²) in [6.07, 6.45) is 2.69. The first-order valence-electron chi connectivity index (χ1n) is 7.81. The number of rotatable bonds is 6. The average Bonchev–Trinajstić information content (AvgIpc) is 2.52. The summed E-state index contributed by atoms with van der Waals surface area (Å²) in [6.45, 7) is 9.19. The largest absolute Gasteiger partial charge is 0.497 e. The standard InChI is InChI=1S/C17H28N2O/c1-4-19-10-6-8-16(13-19)14(2)18-12-15-7-5-9-17(11-15)20-3/h5,7,9,11,14,16,18H,4,6,8,10,12-13H2,1-3H3. The molecule has 1 heterocycles. The molecule has 0 saturated carbocycles. The van der Waals surface area contributed by atoms with Crippen LogP contribution < -0.4 is 10.1 Å². The SMILES string of the molecule is CCN1CCCC(C(C)NCc2cccc(OC)c2)C1. The van der Waals surface area contributed by atoms with Crippen LogP contribution in [0, 0.1) is 5.92 Å². The highest BCUT2D eigenvalue weighted by Crippen LogP contribution is 2.20. The summed E-state index contributed by atoms with van der Waals surface area (Å²) in [5.41, 5.74) is 1.29. The number of piperidine rings is 1. The van der Waals surface area contributed by atoms with Crippen molar-refractivity contribution in [2.75, 3.05) is 26.7 Å². The Morgan fingerprint density at radius 2 is 2.30 bits per heavy atom. The number of hydrogen-bond donors (Lipinski definition) is 1. The molecule has 1 saturated heterocycles. The van der Waals surface area contributed by atoms with E-state index in [2.05, 4.69) is 42.3 Å². The van der Waals surface area contributed by atoms with Crippen molar-refractivity contribution < 1.29 is 4.74 Å². The van der Waals surface area contributed by atoms with Crippen LogP contribution in [0.25, 0.3) is 0 Å². The molecule has 0 aliphatic carbocycles. The van der Waals surface area contributed by atoms with Crippen LogP contribution in [0.2, 0.25) is 0 Å². The molecule has 1 N–H and O–H groups in total. The zero-order chi connectivity index (χ0) is 14.4. The zero-order valence-electron chi connectivity index (χ0n) is 13.1. The molecule has 3 nitrogen and oxygen atoms in total. The van der Waals surface area contributed by atoms with Gasteiger partial charge in [-0.15, -0.1) is 0 Å². The van der Waals surface area contributed by atoms with E-state index in [1.165, 1.54) is 38.0 Å². The smallest absolute Gasteiger partial charge is 0.119 e. The molecule has 1 fully saturated rings. The third-order valence-electron chi connectivity index (χ3n) is 4.46. The Morgan fingerprint density at radius 1 is 1.45 bits per heavy atom.